The van der Waals surface area contributed by atoms with Crippen LogP contribution in [0.1, 0.15) is 22.3 Å². The number of nitrogens with zero attached hydrogens (tertiary/aromatic N) is 1. The molecule has 0 spiro atoms. The van der Waals surface area contributed by atoms with Crippen molar-refractivity contribution in [3.05, 3.63) is 70.8 Å². The summed E-state index contributed by atoms with van der Waals surface area (Å²) in [6.07, 6.45) is 0. The van der Waals surface area contributed by atoms with Crippen LogP contribution in [0.4, 0.5) is 0 Å². The molecule has 94 valence electrons. The fraction of sp³-hybridized carbons (Fsp3) is 0.118. The molecule has 2 aromatic rings. The van der Waals surface area contributed by atoms with Crippen LogP contribution in [0.15, 0.2) is 48.5 Å². The van der Waals surface area contributed by atoms with Crippen LogP contribution in [0.3, 0.4) is 0 Å². The van der Waals surface area contributed by atoms with Gasteiger partial charge in [-0.1, -0.05) is 54.1 Å². The highest BCUT2D eigenvalue weighted by molar-refractivity contribution is 5.96. The molecule has 2 N–H and O–H groups in total. The molecule has 19 heavy (non-hydrogen) atoms. The second kappa shape index (κ2) is 5.41. The summed E-state index contributed by atoms with van der Waals surface area (Å²) in [6, 6.07) is 17.8. The smallest absolute Gasteiger partial charge is 0.102 e. The van der Waals surface area contributed by atoms with Crippen molar-refractivity contribution in [2.24, 2.45) is 5.73 Å². The van der Waals surface area contributed by atoms with Gasteiger partial charge in [0.25, 0.3) is 0 Å². The lowest BCUT2D eigenvalue weighted by Gasteiger charge is -2.10. The SMILES string of the molecule is Cc1ccc(/C(N)=C(/C#N)c2ccccc2)c(C)c1. The van der Waals surface area contributed by atoms with E-state index in [0.717, 1.165) is 16.7 Å². The van der Waals surface area contributed by atoms with Crippen LogP contribution in [-0.4, -0.2) is 0 Å². The molecule has 0 aliphatic carbocycles. The Bertz CT molecular complexity index is 661. The van der Waals surface area contributed by atoms with Crippen molar-refractivity contribution in [3.63, 3.8) is 0 Å². The van der Waals surface area contributed by atoms with Crippen LogP contribution < -0.4 is 5.73 Å². The Morgan fingerprint density at radius 3 is 2.32 bits per heavy atom. The second-order valence-electron chi connectivity index (χ2n) is 4.58. The Morgan fingerprint density at radius 2 is 1.74 bits per heavy atom. The summed E-state index contributed by atoms with van der Waals surface area (Å²) < 4.78 is 0. The van der Waals surface area contributed by atoms with E-state index in [0.29, 0.717) is 11.3 Å². The largest absolute Gasteiger partial charge is 0.397 e. The van der Waals surface area contributed by atoms with Gasteiger partial charge >= 0.3 is 0 Å². The lowest BCUT2D eigenvalue weighted by atomic mass is 9.97. The average molecular weight is 248 g/mol. The number of hydrogen-bond acceptors (Lipinski definition) is 2. The molecule has 2 rings (SSSR count). The van der Waals surface area contributed by atoms with Gasteiger partial charge in [-0.15, -0.1) is 0 Å². The molecule has 0 aliphatic heterocycles. The molecule has 2 aromatic carbocycles. The van der Waals surface area contributed by atoms with E-state index in [1.165, 1.54) is 5.56 Å². The van der Waals surface area contributed by atoms with Gasteiger partial charge in [0.05, 0.1) is 11.3 Å². The van der Waals surface area contributed by atoms with Gasteiger partial charge in [-0.25, -0.2) is 0 Å². The zero-order valence-electron chi connectivity index (χ0n) is 11.1. The minimum Gasteiger partial charge on any atom is -0.397 e. The molecule has 0 atom stereocenters. The van der Waals surface area contributed by atoms with Crippen molar-refractivity contribution in [1.29, 1.82) is 5.26 Å². The lowest BCUT2D eigenvalue weighted by Crippen LogP contribution is -2.02. The lowest BCUT2D eigenvalue weighted by molar-refractivity contribution is 1.34. The minimum absolute atomic E-state index is 0.521. The van der Waals surface area contributed by atoms with E-state index in [2.05, 4.69) is 12.1 Å². The quantitative estimate of drug-likeness (QED) is 0.651. The predicted octanol–water partition coefficient (Wildman–Crippen LogP) is 3.65. The Morgan fingerprint density at radius 1 is 1.05 bits per heavy atom. The van der Waals surface area contributed by atoms with Crippen molar-refractivity contribution in [2.45, 2.75) is 13.8 Å². The summed E-state index contributed by atoms with van der Waals surface area (Å²) in [5.74, 6) is 0. The number of benzene rings is 2. The third-order valence-corrected chi connectivity index (χ3v) is 3.12. The monoisotopic (exact) mass is 248 g/mol. The molecule has 0 radical (unpaired) electrons. The normalized spacial score (nSPS) is 11.6. The molecule has 2 nitrogen and oxygen atoms in total. The first kappa shape index (κ1) is 12.9. The number of allylic oxidation sites excluding steroid dienone is 1. The molecule has 2 heteroatoms. The number of rotatable bonds is 2. The van der Waals surface area contributed by atoms with Crippen LogP contribution >= 0.6 is 0 Å². The minimum atomic E-state index is 0.521. The average Bonchev–Trinajstić information content (AvgIpc) is 2.40. The highest BCUT2D eigenvalue weighted by atomic mass is 14.6. The van der Waals surface area contributed by atoms with Crippen LogP contribution in [0.2, 0.25) is 0 Å². The molecule has 0 aromatic heterocycles. The standard InChI is InChI=1S/C17H16N2/c1-12-8-9-15(13(2)10-12)17(19)16(11-18)14-6-4-3-5-7-14/h3-10H,19H2,1-2H3/b17-16+. The molecule has 0 amide bonds. The summed E-state index contributed by atoms with van der Waals surface area (Å²) in [7, 11) is 0. The number of hydrogen-bond donors (Lipinski definition) is 1. The molecular formula is C17H16N2. The van der Waals surface area contributed by atoms with Crippen LogP contribution in [0.25, 0.3) is 11.3 Å². The van der Waals surface area contributed by atoms with E-state index in [1.54, 1.807) is 0 Å². The third kappa shape index (κ3) is 2.66. The first-order valence-corrected chi connectivity index (χ1v) is 6.16. The summed E-state index contributed by atoms with van der Waals surface area (Å²) in [5.41, 5.74) is 11.3. The fourth-order valence-electron chi connectivity index (χ4n) is 2.14. The molecule has 0 unspecified atom stereocenters. The van der Waals surface area contributed by atoms with Gasteiger partial charge in [0, 0.05) is 5.56 Å². The summed E-state index contributed by atoms with van der Waals surface area (Å²) >= 11 is 0. The van der Waals surface area contributed by atoms with E-state index < -0.39 is 0 Å². The molecule has 0 aliphatic rings. The van der Waals surface area contributed by atoms with Crippen molar-refractivity contribution in [2.75, 3.05) is 0 Å². The fourth-order valence-corrected chi connectivity index (χ4v) is 2.14. The van der Waals surface area contributed by atoms with Crippen molar-refractivity contribution < 1.29 is 0 Å². The van der Waals surface area contributed by atoms with Gasteiger partial charge in [-0.2, -0.15) is 5.26 Å². The Kier molecular flexibility index (Phi) is 3.68. The van der Waals surface area contributed by atoms with Gasteiger partial charge in [-0.3, -0.25) is 0 Å². The number of nitriles is 1. The zero-order valence-corrected chi connectivity index (χ0v) is 11.1. The second-order valence-corrected chi connectivity index (χ2v) is 4.58. The molecule has 0 heterocycles. The van der Waals surface area contributed by atoms with Crippen molar-refractivity contribution >= 4 is 11.3 Å². The molecule has 0 saturated carbocycles. The maximum Gasteiger partial charge on any atom is 0.102 e. The first-order chi connectivity index (χ1) is 9.13. The van der Waals surface area contributed by atoms with Crippen molar-refractivity contribution in [3.8, 4) is 6.07 Å². The number of aryl methyl sites for hydroxylation is 2. The molecular weight excluding hydrogens is 232 g/mol. The zero-order chi connectivity index (χ0) is 13.8. The maximum atomic E-state index is 9.37. The highest BCUT2D eigenvalue weighted by Crippen LogP contribution is 2.24. The van der Waals surface area contributed by atoms with E-state index in [-0.39, 0.29) is 0 Å². The van der Waals surface area contributed by atoms with E-state index in [9.17, 15) is 5.26 Å². The Labute approximate surface area is 113 Å². The van der Waals surface area contributed by atoms with E-state index in [1.807, 2.05) is 56.3 Å². The van der Waals surface area contributed by atoms with Crippen molar-refractivity contribution in [1.82, 2.24) is 0 Å². The topological polar surface area (TPSA) is 49.8 Å². The van der Waals surface area contributed by atoms with Crippen LogP contribution in [0, 0.1) is 25.2 Å². The molecule has 0 saturated heterocycles. The summed E-state index contributed by atoms with van der Waals surface area (Å²) in [5, 5.41) is 9.37. The van der Waals surface area contributed by atoms with Crippen LogP contribution in [-0.2, 0) is 0 Å². The Balaban J connectivity index is 2.59. The summed E-state index contributed by atoms with van der Waals surface area (Å²) in [4.78, 5) is 0. The summed E-state index contributed by atoms with van der Waals surface area (Å²) in [6.45, 7) is 4.05. The van der Waals surface area contributed by atoms with Gasteiger partial charge in [0.1, 0.15) is 6.07 Å². The Hall–Kier alpha value is -2.53. The van der Waals surface area contributed by atoms with Gasteiger partial charge in [0.2, 0.25) is 0 Å². The van der Waals surface area contributed by atoms with E-state index in [4.69, 9.17) is 5.73 Å². The number of nitrogens with two attached hydrogens (primary N) is 1. The van der Waals surface area contributed by atoms with Gasteiger partial charge < -0.3 is 5.73 Å². The molecule has 0 bridgehead atoms. The van der Waals surface area contributed by atoms with Gasteiger partial charge in [-0.05, 0) is 25.0 Å². The first-order valence-electron chi connectivity index (χ1n) is 6.16. The molecule has 0 fully saturated rings. The van der Waals surface area contributed by atoms with E-state index >= 15 is 0 Å². The predicted molar refractivity (Wildman–Crippen MR) is 79.0 cm³/mol. The van der Waals surface area contributed by atoms with Gasteiger partial charge in [0.15, 0.2) is 0 Å². The van der Waals surface area contributed by atoms with Crippen LogP contribution in [0.5, 0.6) is 0 Å². The third-order valence-electron chi connectivity index (χ3n) is 3.12. The highest BCUT2D eigenvalue weighted by Gasteiger charge is 2.10. The maximum absolute atomic E-state index is 9.37.